The summed E-state index contributed by atoms with van der Waals surface area (Å²) in [5, 5.41) is 0. The highest BCUT2D eigenvalue weighted by atomic mass is 14.6. The molecule has 0 radical (unpaired) electrons. The van der Waals surface area contributed by atoms with E-state index in [1.165, 1.54) is 12.8 Å². The minimum atomic E-state index is 0.538. The fourth-order valence-corrected chi connectivity index (χ4v) is 2.92. The standard InChI is InChI=1S/C11H18/c1-8-5-6-9-7-11(8,4)10(9,2)3/h5,9H,6-7H2,1-4H3/t9?,11-/m0/s1. The molecule has 0 aromatic rings. The smallest absolute Gasteiger partial charge is 0.00623 e. The van der Waals surface area contributed by atoms with Crippen LogP contribution in [0.4, 0.5) is 0 Å². The summed E-state index contributed by atoms with van der Waals surface area (Å²) < 4.78 is 0. The molecular formula is C11H18. The van der Waals surface area contributed by atoms with Crippen LogP contribution in [-0.4, -0.2) is 0 Å². The normalized spacial score (nSPS) is 46.2. The molecule has 3 rings (SSSR count). The van der Waals surface area contributed by atoms with Crippen LogP contribution in [0.25, 0.3) is 0 Å². The van der Waals surface area contributed by atoms with Crippen LogP contribution in [0.5, 0.6) is 0 Å². The van der Waals surface area contributed by atoms with Gasteiger partial charge in [-0.25, -0.2) is 0 Å². The summed E-state index contributed by atoms with van der Waals surface area (Å²) in [6, 6.07) is 0. The van der Waals surface area contributed by atoms with Crippen LogP contribution in [0.1, 0.15) is 40.5 Å². The summed E-state index contributed by atoms with van der Waals surface area (Å²) >= 11 is 0. The second-order valence-corrected chi connectivity index (χ2v) is 5.08. The van der Waals surface area contributed by atoms with E-state index in [1.807, 2.05) is 0 Å². The molecule has 0 heterocycles. The largest absolute Gasteiger partial charge is 0.0847 e. The number of allylic oxidation sites excluding steroid dienone is 2. The van der Waals surface area contributed by atoms with Crippen molar-refractivity contribution in [1.29, 1.82) is 0 Å². The Labute approximate surface area is 69.7 Å². The Morgan fingerprint density at radius 3 is 2.36 bits per heavy atom. The maximum atomic E-state index is 2.44. The first-order valence-electron chi connectivity index (χ1n) is 4.66. The number of hydrogen-bond acceptors (Lipinski definition) is 0. The fraction of sp³-hybridized carbons (Fsp3) is 0.818. The molecule has 0 heteroatoms. The molecule has 3 aliphatic rings. The minimum Gasteiger partial charge on any atom is -0.0847 e. The summed E-state index contributed by atoms with van der Waals surface area (Å²) in [5.41, 5.74) is 2.74. The maximum Gasteiger partial charge on any atom is -0.00623 e. The third kappa shape index (κ3) is 0.617. The quantitative estimate of drug-likeness (QED) is 0.464. The van der Waals surface area contributed by atoms with Gasteiger partial charge in [0.05, 0.1) is 0 Å². The Morgan fingerprint density at radius 2 is 2.00 bits per heavy atom. The molecule has 0 spiro atoms. The Hall–Kier alpha value is -0.260. The van der Waals surface area contributed by atoms with Crippen molar-refractivity contribution in [2.45, 2.75) is 40.5 Å². The molecule has 0 amide bonds. The first kappa shape index (κ1) is 7.39. The lowest BCUT2D eigenvalue weighted by atomic mass is 9.40. The average Bonchev–Trinajstić information content (AvgIpc) is 1.94. The van der Waals surface area contributed by atoms with Gasteiger partial charge in [0.1, 0.15) is 0 Å². The Morgan fingerprint density at radius 1 is 1.36 bits per heavy atom. The Kier molecular flexibility index (Phi) is 1.16. The van der Waals surface area contributed by atoms with Crippen LogP contribution in [-0.2, 0) is 0 Å². The molecule has 1 saturated carbocycles. The lowest BCUT2D eigenvalue weighted by Gasteiger charge is -2.64. The Bertz CT molecular complexity index is 222. The first-order chi connectivity index (χ1) is 4.98. The van der Waals surface area contributed by atoms with E-state index in [2.05, 4.69) is 33.8 Å². The summed E-state index contributed by atoms with van der Waals surface area (Å²) in [6.45, 7) is 9.58. The van der Waals surface area contributed by atoms with Gasteiger partial charge < -0.3 is 0 Å². The lowest BCUT2D eigenvalue weighted by molar-refractivity contribution is -0.0887. The molecule has 0 aromatic heterocycles. The van der Waals surface area contributed by atoms with E-state index < -0.39 is 0 Å². The van der Waals surface area contributed by atoms with E-state index in [0.29, 0.717) is 10.8 Å². The molecule has 0 N–H and O–H groups in total. The molecule has 0 nitrogen and oxygen atoms in total. The molecule has 2 atom stereocenters. The average molecular weight is 150 g/mol. The fourth-order valence-electron chi connectivity index (χ4n) is 2.92. The lowest BCUT2D eigenvalue weighted by Crippen LogP contribution is -2.55. The van der Waals surface area contributed by atoms with Crippen molar-refractivity contribution in [3.05, 3.63) is 11.6 Å². The van der Waals surface area contributed by atoms with Gasteiger partial charge in [0.2, 0.25) is 0 Å². The minimum absolute atomic E-state index is 0.538. The van der Waals surface area contributed by atoms with E-state index in [-0.39, 0.29) is 0 Å². The predicted octanol–water partition coefficient (Wildman–Crippen LogP) is 3.39. The number of rotatable bonds is 0. The van der Waals surface area contributed by atoms with Crippen LogP contribution in [0.3, 0.4) is 0 Å². The molecule has 0 saturated heterocycles. The zero-order valence-corrected chi connectivity index (χ0v) is 8.07. The number of hydrogen-bond donors (Lipinski definition) is 0. The van der Waals surface area contributed by atoms with Crippen molar-refractivity contribution in [2.24, 2.45) is 16.7 Å². The third-order valence-electron chi connectivity index (χ3n) is 4.68. The van der Waals surface area contributed by atoms with Crippen molar-refractivity contribution >= 4 is 0 Å². The Balaban J connectivity index is 2.42. The van der Waals surface area contributed by atoms with Gasteiger partial charge in [-0.2, -0.15) is 0 Å². The summed E-state index contributed by atoms with van der Waals surface area (Å²) in [6.07, 6.45) is 5.20. The monoisotopic (exact) mass is 150 g/mol. The van der Waals surface area contributed by atoms with Gasteiger partial charge in [0, 0.05) is 0 Å². The van der Waals surface area contributed by atoms with Crippen molar-refractivity contribution in [2.75, 3.05) is 0 Å². The van der Waals surface area contributed by atoms with Crippen LogP contribution in [0, 0.1) is 16.7 Å². The molecule has 1 fully saturated rings. The maximum absolute atomic E-state index is 2.44. The predicted molar refractivity (Wildman–Crippen MR) is 48.4 cm³/mol. The molecule has 0 aromatic carbocycles. The summed E-state index contributed by atoms with van der Waals surface area (Å²) in [5.74, 6) is 0.969. The van der Waals surface area contributed by atoms with Crippen LogP contribution in [0.15, 0.2) is 11.6 Å². The van der Waals surface area contributed by atoms with Gasteiger partial charge in [-0.15, -0.1) is 0 Å². The molecule has 3 aliphatic carbocycles. The molecule has 1 unspecified atom stereocenters. The van der Waals surface area contributed by atoms with Crippen molar-refractivity contribution in [1.82, 2.24) is 0 Å². The van der Waals surface area contributed by atoms with E-state index >= 15 is 0 Å². The molecular weight excluding hydrogens is 132 g/mol. The van der Waals surface area contributed by atoms with Crippen molar-refractivity contribution < 1.29 is 0 Å². The highest BCUT2D eigenvalue weighted by molar-refractivity contribution is 5.28. The van der Waals surface area contributed by atoms with E-state index in [1.54, 1.807) is 5.57 Å². The topological polar surface area (TPSA) is 0 Å². The molecule has 62 valence electrons. The summed E-state index contributed by atoms with van der Waals surface area (Å²) in [4.78, 5) is 0. The third-order valence-corrected chi connectivity index (χ3v) is 4.68. The van der Waals surface area contributed by atoms with E-state index in [9.17, 15) is 0 Å². The highest BCUT2D eigenvalue weighted by Gasteiger charge is 2.58. The second kappa shape index (κ2) is 1.73. The van der Waals surface area contributed by atoms with Gasteiger partial charge in [0.15, 0.2) is 0 Å². The number of fused-ring (bicyclic) bond motifs is 1. The van der Waals surface area contributed by atoms with Gasteiger partial charge in [0.25, 0.3) is 0 Å². The van der Waals surface area contributed by atoms with Crippen molar-refractivity contribution in [3.63, 3.8) is 0 Å². The van der Waals surface area contributed by atoms with E-state index in [4.69, 9.17) is 0 Å². The van der Waals surface area contributed by atoms with Crippen molar-refractivity contribution in [3.8, 4) is 0 Å². The molecule has 0 aliphatic heterocycles. The highest BCUT2D eigenvalue weighted by Crippen LogP contribution is 2.67. The van der Waals surface area contributed by atoms with E-state index in [0.717, 1.165) is 5.92 Å². The van der Waals surface area contributed by atoms with Crippen LogP contribution >= 0.6 is 0 Å². The van der Waals surface area contributed by atoms with Gasteiger partial charge in [-0.3, -0.25) is 0 Å². The first-order valence-corrected chi connectivity index (χ1v) is 4.66. The molecule has 2 bridgehead atoms. The zero-order chi connectivity index (χ0) is 8.28. The van der Waals surface area contributed by atoms with Gasteiger partial charge in [-0.1, -0.05) is 32.4 Å². The zero-order valence-electron chi connectivity index (χ0n) is 8.07. The van der Waals surface area contributed by atoms with Crippen LogP contribution in [0.2, 0.25) is 0 Å². The van der Waals surface area contributed by atoms with Gasteiger partial charge >= 0.3 is 0 Å². The SMILES string of the molecule is CC1=CCC2C[C@]1(C)C2(C)C. The van der Waals surface area contributed by atoms with Crippen LogP contribution < -0.4 is 0 Å². The van der Waals surface area contributed by atoms with Gasteiger partial charge in [-0.05, 0) is 36.5 Å². The summed E-state index contributed by atoms with van der Waals surface area (Å²) in [7, 11) is 0. The second-order valence-electron chi connectivity index (χ2n) is 5.08. The molecule has 11 heavy (non-hydrogen) atoms.